The van der Waals surface area contributed by atoms with Crippen LogP contribution < -0.4 is 0 Å². The van der Waals surface area contributed by atoms with Gasteiger partial charge in [0.1, 0.15) is 0 Å². The zero-order valence-corrected chi connectivity index (χ0v) is 18.9. The second-order valence-electron chi connectivity index (χ2n) is 8.33. The summed E-state index contributed by atoms with van der Waals surface area (Å²) in [6.07, 6.45) is 8.48. The molecule has 6 nitrogen and oxygen atoms in total. The highest BCUT2D eigenvalue weighted by Crippen LogP contribution is 2.23. The lowest BCUT2D eigenvalue weighted by molar-refractivity contribution is -0.141. The Morgan fingerprint density at radius 1 is 1.13 bits per heavy atom. The summed E-state index contributed by atoms with van der Waals surface area (Å²) in [6.45, 7) is 8.45. The van der Waals surface area contributed by atoms with E-state index in [2.05, 4.69) is 15.7 Å². The molecule has 1 aliphatic carbocycles. The van der Waals surface area contributed by atoms with Gasteiger partial charge in [-0.15, -0.1) is 0 Å². The van der Waals surface area contributed by atoms with Gasteiger partial charge in [-0.25, -0.2) is 0 Å². The summed E-state index contributed by atoms with van der Waals surface area (Å²) in [6, 6.07) is 1.91. The molecule has 2 aromatic heterocycles. The quantitative estimate of drug-likeness (QED) is 0.369. The van der Waals surface area contributed by atoms with Crippen LogP contribution in [0.2, 0.25) is 0 Å². The van der Waals surface area contributed by atoms with Crippen molar-refractivity contribution in [3.8, 4) is 0 Å². The first-order valence-electron chi connectivity index (χ1n) is 10.8. The molecule has 0 fully saturated rings. The van der Waals surface area contributed by atoms with Crippen molar-refractivity contribution >= 4 is 11.8 Å². The molecule has 2 heterocycles. The largest absolute Gasteiger partial charge is 0.457 e. The summed E-state index contributed by atoms with van der Waals surface area (Å²) < 4.78 is 9.25. The molecule has 0 saturated carbocycles. The monoisotopic (exact) mass is 411 g/mol. The van der Waals surface area contributed by atoms with Crippen molar-refractivity contribution in [1.29, 1.82) is 0 Å². The molecule has 0 aliphatic heterocycles. The van der Waals surface area contributed by atoms with Crippen LogP contribution in [-0.2, 0) is 29.5 Å². The van der Waals surface area contributed by atoms with Gasteiger partial charge in [0.2, 0.25) is 5.78 Å². The minimum Gasteiger partial charge on any atom is -0.457 e. The van der Waals surface area contributed by atoms with Crippen LogP contribution in [0.3, 0.4) is 0 Å². The molecule has 0 spiro atoms. The molecule has 0 radical (unpaired) electrons. The maximum absolute atomic E-state index is 12.7. The number of ketones is 1. The van der Waals surface area contributed by atoms with Crippen molar-refractivity contribution in [2.75, 3.05) is 6.61 Å². The number of hydrogen-bond acceptors (Lipinski definition) is 4. The summed E-state index contributed by atoms with van der Waals surface area (Å²) in [5, 5.41) is 4.32. The van der Waals surface area contributed by atoms with Gasteiger partial charge in [-0.1, -0.05) is 11.6 Å². The zero-order valence-electron chi connectivity index (χ0n) is 18.9. The number of aromatic nitrogens is 3. The number of rotatable bonds is 8. The average Bonchev–Trinajstić information content (AvgIpc) is 3.14. The van der Waals surface area contributed by atoms with Crippen LogP contribution in [0.25, 0.3) is 0 Å². The Morgan fingerprint density at radius 3 is 2.53 bits per heavy atom. The van der Waals surface area contributed by atoms with Gasteiger partial charge < -0.3 is 9.30 Å². The van der Waals surface area contributed by atoms with Gasteiger partial charge in [0.25, 0.3) is 0 Å². The van der Waals surface area contributed by atoms with Gasteiger partial charge in [-0.3, -0.25) is 14.3 Å². The SMILES string of the molecule is Cc1nn(C)c(C)c1CC(=O)OCC(=O)c1cc(C)n(CCC2=CCCCC2)c1C. The summed E-state index contributed by atoms with van der Waals surface area (Å²) in [5.41, 5.74) is 6.81. The Balaban J connectivity index is 1.58. The third-order valence-electron chi connectivity index (χ3n) is 6.26. The first-order chi connectivity index (χ1) is 14.3. The third kappa shape index (κ3) is 4.91. The topological polar surface area (TPSA) is 66.1 Å². The average molecular weight is 412 g/mol. The maximum Gasteiger partial charge on any atom is 0.310 e. The number of carbonyl (C=O) groups is 2. The molecule has 0 amide bonds. The second-order valence-corrected chi connectivity index (χ2v) is 8.33. The normalized spacial score (nSPS) is 14.0. The number of allylic oxidation sites excluding steroid dienone is 2. The van der Waals surface area contributed by atoms with Gasteiger partial charge >= 0.3 is 5.97 Å². The molecule has 0 bridgehead atoms. The predicted molar refractivity (Wildman–Crippen MR) is 117 cm³/mol. The molecule has 1 aliphatic rings. The van der Waals surface area contributed by atoms with E-state index in [0.29, 0.717) is 5.56 Å². The highest BCUT2D eigenvalue weighted by Gasteiger charge is 2.19. The number of Topliss-reactive ketones (excluding diaryl/α,β-unsaturated/α-hetero) is 1. The number of hydrogen-bond donors (Lipinski definition) is 0. The van der Waals surface area contributed by atoms with Crippen molar-refractivity contribution < 1.29 is 14.3 Å². The molecule has 162 valence electrons. The highest BCUT2D eigenvalue weighted by atomic mass is 16.5. The smallest absolute Gasteiger partial charge is 0.310 e. The summed E-state index contributed by atoms with van der Waals surface area (Å²) >= 11 is 0. The Kier molecular flexibility index (Phi) is 6.95. The highest BCUT2D eigenvalue weighted by molar-refractivity contribution is 5.99. The molecule has 2 aromatic rings. The van der Waals surface area contributed by atoms with E-state index < -0.39 is 5.97 Å². The lowest BCUT2D eigenvalue weighted by atomic mass is 9.97. The third-order valence-corrected chi connectivity index (χ3v) is 6.26. The Bertz CT molecular complexity index is 978. The van der Waals surface area contributed by atoms with Crippen LogP contribution in [-0.4, -0.2) is 32.7 Å². The van der Waals surface area contributed by atoms with Crippen LogP contribution in [0, 0.1) is 27.7 Å². The van der Waals surface area contributed by atoms with Crippen LogP contribution in [0.5, 0.6) is 0 Å². The number of carbonyl (C=O) groups excluding carboxylic acids is 2. The number of esters is 1. The van der Waals surface area contributed by atoms with Gasteiger partial charge in [0, 0.05) is 41.8 Å². The van der Waals surface area contributed by atoms with E-state index in [-0.39, 0.29) is 18.8 Å². The Morgan fingerprint density at radius 2 is 1.90 bits per heavy atom. The van der Waals surface area contributed by atoms with Gasteiger partial charge in [0.15, 0.2) is 6.61 Å². The minimum atomic E-state index is -0.402. The molecule has 0 aromatic carbocycles. The van der Waals surface area contributed by atoms with Gasteiger partial charge in [-0.05, 0) is 65.9 Å². The molecular weight excluding hydrogens is 378 g/mol. The number of nitrogens with zero attached hydrogens (tertiary/aromatic N) is 3. The molecular formula is C24H33N3O3. The standard InChI is InChI=1S/C24H33N3O3/c1-16-13-22(19(4)27(16)12-11-20-9-7-6-8-10-20)23(28)15-30-24(29)14-21-17(2)25-26(5)18(21)3/h9,13H,6-8,10-12,14-15H2,1-5H3. The van der Waals surface area contributed by atoms with Gasteiger partial charge in [-0.2, -0.15) is 5.10 Å². The lowest BCUT2D eigenvalue weighted by Gasteiger charge is -2.15. The van der Waals surface area contributed by atoms with Crippen molar-refractivity contribution in [3.05, 3.63) is 51.6 Å². The van der Waals surface area contributed by atoms with E-state index in [1.54, 1.807) is 4.68 Å². The first-order valence-corrected chi connectivity index (χ1v) is 10.8. The zero-order chi connectivity index (χ0) is 21.8. The van der Waals surface area contributed by atoms with Gasteiger partial charge in [0.05, 0.1) is 12.1 Å². The van der Waals surface area contributed by atoms with Crippen LogP contribution >= 0.6 is 0 Å². The van der Waals surface area contributed by atoms with E-state index in [4.69, 9.17) is 4.74 Å². The van der Waals surface area contributed by atoms with Crippen molar-refractivity contribution in [1.82, 2.24) is 14.3 Å². The summed E-state index contributed by atoms with van der Waals surface area (Å²) in [5.74, 6) is -0.556. The van der Waals surface area contributed by atoms with Crippen LogP contribution in [0.1, 0.15) is 70.8 Å². The molecule has 0 saturated heterocycles. The molecule has 6 heteroatoms. The second kappa shape index (κ2) is 9.45. The lowest BCUT2D eigenvalue weighted by Crippen LogP contribution is -2.17. The van der Waals surface area contributed by atoms with Crippen molar-refractivity contribution in [2.45, 2.75) is 72.8 Å². The van der Waals surface area contributed by atoms with E-state index in [9.17, 15) is 9.59 Å². The van der Waals surface area contributed by atoms with E-state index in [1.807, 2.05) is 40.8 Å². The van der Waals surface area contributed by atoms with E-state index >= 15 is 0 Å². The van der Waals surface area contributed by atoms with Crippen LogP contribution in [0.4, 0.5) is 0 Å². The molecule has 30 heavy (non-hydrogen) atoms. The Labute approximate surface area is 178 Å². The minimum absolute atomic E-state index is 0.132. The fourth-order valence-corrected chi connectivity index (χ4v) is 4.31. The van der Waals surface area contributed by atoms with E-state index in [1.165, 1.54) is 31.3 Å². The molecule has 0 atom stereocenters. The fourth-order valence-electron chi connectivity index (χ4n) is 4.31. The molecule has 3 rings (SSSR count). The summed E-state index contributed by atoms with van der Waals surface area (Å²) in [7, 11) is 1.85. The van der Waals surface area contributed by atoms with Crippen LogP contribution in [0.15, 0.2) is 17.7 Å². The number of ether oxygens (including phenoxy) is 1. The predicted octanol–water partition coefficient (Wildman–Crippen LogP) is 4.31. The number of aryl methyl sites for hydroxylation is 3. The van der Waals surface area contributed by atoms with E-state index in [0.717, 1.165) is 41.3 Å². The fraction of sp³-hybridized carbons (Fsp3) is 0.542. The first kappa shape index (κ1) is 22.1. The molecule has 0 unspecified atom stereocenters. The van der Waals surface area contributed by atoms with Crippen molar-refractivity contribution in [2.24, 2.45) is 7.05 Å². The van der Waals surface area contributed by atoms with Crippen molar-refractivity contribution in [3.63, 3.8) is 0 Å². The summed E-state index contributed by atoms with van der Waals surface area (Å²) in [4.78, 5) is 25.0. The Hall–Kier alpha value is -2.63. The maximum atomic E-state index is 12.7. The molecule has 0 N–H and O–H groups in total.